The highest BCUT2D eigenvalue weighted by Gasteiger charge is 2.17. The Bertz CT molecular complexity index is 655. The summed E-state index contributed by atoms with van der Waals surface area (Å²) in [7, 11) is 3.48. The van der Waals surface area contributed by atoms with Gasteiger partial charge in [0.1, 0.15) is 0 Å². The lowest BCUT2D eigenvalue weighted by molar-refractivity contribution is -0.129. The number of rotatable bonds is 7. The molecular weight excluding hydrogens is 469 g/mol. The Labute approximate surface area is 185 Å². The zero-order valence-corrected chi connectivity index (χ0v) is 19.4. The van der Waals surface area contributed by atoms with Gasteiger partial charge in [0.05, 0.1) is 6.54 Å². The van der Waals surface area contributed by atoms with Crippen molar-refractivity contribution in [2.75, 3.05) is 40.3 Å². The van der Waals surface area contributed by atoms with Gasteiger partial charge in [-0.15, -0.1) is 24.0 Å². The third-order valence-electron chi connectivity index (χ3n) is 4.46. The minimum Gasteiger partial charge on any atom is -0.357 e. The SMILES string of the molecule is CCNC(=NCc1ccc(C(=O)N(C)C)cc1)NCCC(=O)N1CCCC1.I. The van der Waals surface area contributed by atoms with E-state index in [1.807, 2.05) is 36.1 Å². The summed E-state index contributed by atoms with van der Waals surface area (Å²) in [6.45, 7) is 5.61. The Morgan fingerprint density at radius 1 is 1.11 bits per heavy atom. The first-order valence-electron chi connectivity index (χ1n) is 9.61. The van der Waals surface area contributed by atoms with Gasteiger partial charge >= 0.3 is 0 Å². The van der Waals surface area contributed by atoms with Gasteiger partial charge in [0.2, 0.25) is 5.91 Å². The number of nitrogens with one attached hydrogen (secondary N) is 2. The number of benzene rings is 1. The average Bonchev–Trinajstić information content (AvgIpc) is 3.20. The Morgan fingerprint density at radius 2 is 1.75 bits per heavy atom. The predicted molar refractivity (Wildman–Crippen MR) is 123 cm³/mol. The number of guanidine groups is 1. The molecule has 0 aromatic heterocycles. The van der Waals surface area contributed by atoms with Crippen molar-refractivity contribution in [2.24, 2.45) is 4.99 Å². The first kappa shape index (κ1) is 24.2. The summed E-state index contributed by atoms with van der Waals surface area (Å²) < 4.78 is 0. The van der Waals surface area contributed by atoms with Crippen LogP contribution in [0.4, 0.5) is 0 Å². The van der Waals surface area contributed by atoms with Gasteiger partial charge in [-0.2, -0.15) is 0 Å². The first-order chi connectivity index (χ1) is 13.0. The maximum Gasteiger partial charge on any atom is 0.253 e. The van der Waals surface area contributed by atoms with Crippen LogP contribution in [0.3, 0.4) is 0 Å². The van der Waals surface area contributed by atoms with Gasteiger partial charge in [0, 0.05) is 52.3 Å². The molecule has 1 aromatic rings. The summed E-state index contributed by atoms with van der Waals surface area (Å²) in [6.07, 6.45) is 2.70. The van der Waals surface area contributed by atoms with Crippen molar-refractivity contribution in [3.8, 4) is 0 Å². The Morgan fingerprint density at radius 3 is 2.32 bits per heavy atom. The van der Waals surface area contributed by atoms with E-state index < -0.39 is 0 Å². The van der Waals surface area contributed by atoms with E-state index in [2.05, 4.69) is 15.6 Å². The summed E-state index contributed by atoms with van der Waals surface area (Å²) in [6, 6.07) is 7.48. The lowest BCUT2D eigenvalue weighted by Gasteiger charge is -2.16. The smallest absolute Gasteiger partial charge is 0.253 e. The van der Waals surface area contributed by atoms with Gasteiger partial charge in [-0.25, -0.2) is 4.99 Å². The van der Waals surface area contributed by atoms with Crippen LogP contribution in [0.1, 0.15) is 42.1 Å². The quantitative estimate of drug-likeness (QED) is 0.341. The molecular formula is C20H32IN5O2. The van der Waals surface area contributed by atoms with Gasteiger partial charge in [0.15, 0.2) is 5.96 Å². The monoisotopic (exact) mass is 501 g/mol. The fourth-order valence-corrected chi connectivity index (χ4v) is 2.94. The number of hydrogen-bond donors (Lipinski definition) is 2. The molecule has 7 nitrogen and oxygen atoms in total. The molecule has 0 bridgehead atoms. The van der Waals surface area contributed by atoms with Crippen LogP contribution in [-0.4, -0.2) is 67.8 Å². The highest BCUT2D eigenvalue weighted by atomic mass is 127. The number of hydrogen-bond acceptors (Lipinski definition) is 3. The third-order valence-corrected chi connectivity index (χ3v) is 4.46. The lowest BCUT2D eigenvalue weighted by atomic mass is 10.1. The van der Waals surface area contributed by atoms with Crippen molar-refractivity contribution in [1.82, 2.24) is 20.4 Å². The normalized spacial score (nSPS) is 13.7. The molecule has 1 aromatic carbocycles. The van der Waals surface area contributed by atoms with E-state index in [0.717, 1.165) is 38.0 Å². The summed E-state index contributed by atoms with van der Waals surface area (Å²) in [4.78, 5) is 32.1. The molecule has 28 heavy (non-hydrogen) atoms. The zero-order valence-electron chi connectivity index (χ0n) is 17.0. The molecule has 2 N–H and O–H groups in total. The largest absolute Gasteiger partial charge is 0.357 e. The molecule has 1 saturated heterocycles. The summed E-state index contributed by atoms with van der Waals surface area (Å²) >= 11 is 0. The predicted octanol–water partition coefficient (Wildman–Crippen LogP) is 2.07. The van der Waals surface area contributed by atoms with Crippen LogP contribution < -0.4 is 10.6 Å². The van der Waals surface area contributed by atoms with Gasteiger partial charge in [-0.1, -0.05) is 12.1 Å². The topological polar surface area (TPSA) is 77.0 Å². The van der Waals surface area contributed by atoms with Crippen molar-refractivity contribution in [1.29, 1.82) is 0 Å². The van der Waals surface area contributed by atoms with E-state index in [1.165, 1.54) is 0 Å². The highest BCUT2D eigenvalue weighted by Crippen LogP contribution is 2.09. The van der Waals surface area contributed by atoms with Crippen molar-refractivity contribution in [2.45, 2.75) is 32.7 Å². The van der Waals surface area contributed by atoms with Crippen molar-refractivity contribution < 1.29 is 9.59 Å². The molecule has 0 aliphatic carbocycles. The Hall–Kier alpha value is -1.84. The number of likely N-dealkylation sites (tertiary alicyclic amines) is 1. The minimum atomic E-state index is -0.0114. The molecule has 0 radical (unpaired) electrons. The van der Waals surface area contributed by atoms with Crippen LogP contribution in [-0.2, 0) is 11.3 Å². The molecule has 2 rings (SSSR count). The van der Waals surface area contributed by atoms with E-state index in [9.17, 15) is 9.59 Å². The second-order valence-corrected chi connectivity index (χ2v) is 6.86. The van der Waals surface area contributed by atoms with Crippen molar-refractivity contribution in [3.63, 3.8) is 0 Å². The zero-order chi connectivity index (χ0) is 19.6. The van der Waals surface area contributed by atoms with Crippen LogP contribution in [0.25, 0.3) is 0 Å². The van der Waals surface area contributed by atoms with E-state index in [4.69, 9.17) is 0 Å². The Balaban J connectivity index is 0.00000392. The van der Waals surface area contributed by atoms with Crippen LogP contribution in [0.5, 0.6) is 0 Å². The third kappa shape index (κ3) is 7.65. The number of nitrogens with zero attached hydrogens (tertiary/aromatic N) is 3. The lowest BCUT2D eigenvalue weighted by Crippen LogP contribution is -2.39. The van der Waals surface area contributed by atoms with Crippen molar-refractivity contribution in [3.05, 3.63) is 35.4 Å². The number of amides is 2. The molecule has 0 spiro atoms. The molecule has 1 aliphatic heterocycles. The number of halogens is 1. The van der Waals surface area contributed by atoms with Gasteiger partial charge in [0.25, 0.3) is 5.91 Å². The molecule has 0 saturated carbocycles. The maximum atomic E-state index is 12.1. The average molecular weight is 501 g/mol. The molecule has 1 heterocycles. The second-order valence-electron chi connectivity index (χ2n) is 6.86. The van der Waals surface area contributed by atoms with Gasteiger partial charge in [-0.05, 0) is 37.5 Å². The summed E-state index contributed by atoms with van der Waals surface area (Å²) in [5, 5.41) is 6.41. The van der Waals surface area contributed by atoms with Crippen LogP contribution in [0.15, 0.2) is 29.3 Å². The van der Waals surface area contributed by atoms with E-state index in [1.54, 1.807) is 19.0 Å². The molecule has 0 unspecified atom stereocenters. The van der Waals surface area contributed by atoms with Gasteiger partial charge < -0.3 is 20.4 Å². The number of carbonyl (C=O) groups is 2. The van der Waals surface area contributed by atoms with E-state index in [0.29, 0.717) is 31.0 Å². The van der Waals surface area contributed by atoms with Gasteiger partial charge in [-0.3, -0.25) is 9.59 Å². The second kappa shape index (κ2) is 12.6. The van der Waals surface area contributed by atoms with E-state index >= 15 is 0 Å². The fraction of sp³-hybridized carbons (Fsp3) is 0.550. The first-order valence-corrected chi connectivity index (χ1v) is 9.61. The molecule has 156 valence electrons. The molecule has 1 aliphatic rings. The molecule has 0 atom stereocenters. The minimum absolute atomic E-state index is 0. The van der Waals surface area contributed by atoms with Crippen molar-refractivity contribution >= 4 is 41.8 Å². The number of aliphatic imine (C=N–C) groups is 1. The summed E-state index contributed by atoms with van der Waals surface area (Å²) in [5.74, 6) is 0.889. The maximum absolute atomic E-state index is 12.1. The van der Waals surface area contributed by atoms with Crippen LogP contribution in [0.2, 0.25) is 0 Å². The van der Waals surface area contributed by atoms with E-state index in [-0.39, 0.29) is 35.8 Å². The Kier molecular flexibility index (Phi) is 10.9. The van der Waals surface area contributed by atoms with Crippen LogP contribution in [0, 0.1) is 0 Å². The number of carbonyl (C=O) groups excluding carboxylic acids is 2. The molecule has 1 fully saturated rings. The highest BCUT2D eigenvalue weighted by molar-refractivity contribution is 14.0. The molecule has 8 heteroatoms. The van der Waals surface area contributed by atoms with Crippen LogP contribution >= 0.6 is 24.0 Å². The standard InChI is InChI=1S/C20H31N5O2.HI/c1-4-21-20(22-12-11-18(26)25-13-5-6-14-25)23-15-16-7-9-17(10-8-16)19(27)24(2)3;/h7-10H,4-6,11-15H2,1-3H3,(H2,21,22,23);1H. The molecule has 2 amide bonds. The fourth-order valence-electron chi connectivity index (χ4n) is 2.94. The summed E-state index contributed by atoms with van der Waals surface area (Å²) in [5.41, 5.74) is 1.69.